The minimum absolute atomic E-state index is 0.00766. The Morgan fingerprint density at radius 3 is 2.56 bits per heavy atom. The van der Waals surface area contributed by atoms with Gasteiger partial charge in [0, 0.05) is 22.7 Å². The Labute approximate surface area is 170 Å². The molecule has 5 nitrogen and oxygen atoms in total. The number of likely N-dealkylation sites (tertiary alicyclic amines) is 1. The molecule has 1 fully saturated rings. The number of nitrogens with zero attached hydrogens (tertiary/aromatic N) is 1. The number of hydrogen-bond donors (Lipinski definition) is 2. The van der Waals surface area contributed by atoms with Crippen LogP contribution in [0.25, 0.3) is 0 Å². The molecule has 27 heavy (non-hydrogen) atoms. The van der Waals surface area contributed by atoms with Gasteiger partial charge in [0.15, 0.2) is 0 Å². The minimum Gasteiger partial charge on any atom is -0.489 e. The number of primary amides is 1. The van der Waals surface area contributed by atoms with Crippen LogP contribution in [0.15, 0.2) is 30.3 Å². The van der Waals surface area contributed by atoms with Gasteiger partial charge in [0.05, 0.1) is 11.4 Å². The highest BCUT2D eigenvalue weighted by Gasteiger charge is 2.23. The molecule has 144 valence electrons. The highest BCUT2D eigenvalue weighted by Crippen LogP contribution is 2.33. The van der Waals surface area contributed by atoms with E-state index >= 15 is 0 Å². The van der Waals surface area contributed by atoms with Crippen molar-refractivity contribution < 1.29 is 18.3 Å². The van der Waals surface area contributed by atoms with Crippen LogP contribution in [0.4, 0.5) is 20.2 Å². The average Bonchev–Trinajstić information content (AvgIpc) is 2.59. The maximum Gasteiger partial charge on any atom is 0.254 e. The molecule has 0 atom stereocenters. The van der Waals surface area contributed by atoms with Gasteiger partial charge >= 0.3 is 0 Å². The van der Waals surface area contributed by atoms with Crippen molar-refractivity contribution >= 4 is 39.9 Å². The molecule has 0 bridgehead atoms. The van der Waals surface area contributed by atoms with Crippen molar-refractivity contribution in [2.75, 3.05) is 25.5 Å². The minimum atomic E-state index is -0.772. The van der Waals surface area contributed by atoms with Gasteiger partial charge in [-0.1, -0.05) is 0 Å². The van der Waals surface area contributed by atoms with E-state index in [1.165, 1.54) is 12.1 Å². The topological polar surface area (TPSA) is 67.6 Å². The summed E-state index contributed by atoms with van der Waals surface area (Å²) in [6.07, 6.45) is 1.39. The molecule has 1 heterocycles. The molecule has 1 aliphatic rings. The van der Waals surface area contributed by atoms with Crippen molar-refractivity contribution in [3.05, 3.63) is 51.1 Å². The molecule has 0 spiro atoms. The first-order valence-corrected chi connectivity index (χ1v) is 9.62. The number of piperidine rings is 1. The van der Waals surface area contributed by atoms with Gasteiger partial charge in [-0.25, -0.2) is 8.78 Å². The molecule has 1 amide bonds. The van der Waals surface area contributed by atoms with Crippen LogP contribution < -0.4 is 15.8 Å². The Morgan fingerprint density at radius 2 is 1.93 bits per heavy atom. The van der Waals surface area contributed by atoms with Crippen molar-refractivity contribution in [2.45, 2.75) is 18.9 Å². The number of carbonyl (C=O) groups excluding carboxylic acids is 1. The molecule has 0 saturated carbocycles. The summed E-state index contributed by atoms with van der Waals surface area (Å²) < 4.78 is 35.0. The predicted octanol–water partition coefficient (Wildman–Crippen LogP) is 3.88. The third-order valence-corrected chi connectivity index (χ3v) is 5.14. The molecule has 1 saturated heterocycles. The third-order valence-electron chi connectivity index (χ3n) is 4.47. The van der Waals surface area contributed by atoms with E-state index in [4.69, 9.17) is 10.5 Å². The van der Waals surface area contributed by atoms with Crippen LogP contribution in [0.1, 0.15) is 23.2 Å². The number of carbonyl (C=O) groups is 1. The number of nitrogens with one attached hydrogen (secondary N) is 1. The lowest BCUT2D eigenvalue weighted by Crippen LogP contribution is -2.36. The van der Waals surface area contributed by atoms with E-state index in [0.717, 1.165) is 41.6 Å². The molecule has 2 aromatic rings. The number of halogens is 3. The zero-order valence-electron chi connectivity index (χ0n) is 14.8. The van der Waals surface area contributed by atoms with Gasteiger partial charge in [-0.3, -0.25) is 4.79 Å². The summed E-state index contributed by atoms with van der Waals surface area (Å²) in [5, 5.41) is 2.77. The second-order valence-corrected chi connectivity index (χ2v) is 7.81. The summed E-state index contributed by atoms with van der Waals surface area (Å²) in [7, 11) is 2.02. The molecule has 0 aromatic heterocycles. The van der Waals surface area contributed by atoms with Crippen molar-refractivity contribution in [1.29, 1.82) is 0 Å². The maximum absolute atomic E-state index is 14.2. The number of rotatable bonds is 5. The first-order chi connectivity index (χ1) is 12.8. The standard InChI is InChI=1S/C19H20F2IN3O2/c1-25-6-4-13(5-7-25)27-17-9-11(20)8-16(18(17)19(23)26)24-15-3-2-12(22)10-14(15)21/h2-3,8-10,13,24H,4-7H2,1H3,(H2,23,26). The fourth-order valence-electron chi connectivity index (χ4n) is 3.05. The highest BCUT2D eigenvalue weighted by molar-refractivity contribution is 14.1. The normalized spacial score (nSPS) is 15.6. The zero-order valence-corrected chi connectivity index (χ0v) is 16.9. The Bertz CT molecular complexity index is 855. The Hall–Kier alpha value is -1.94. The van der Waals surface area contributed by atoms with Gasteiger partial charge < -0.3 is 20.7 Å². The van der Waals surface area contributed by atoms with Crippen LogP contribution in [0, 0.1) is 15.2 Å². The third kappa shape index (κ3) is 4.86. The van der Waals surface area contributed by atoms with Crippen molar-refractivity contribution in [1.82, 2.24) is 4.90 Å². The quantitative estimate of drug-likeness (QED) is 0.629. The van der Waals surface area contributed by atoms with Crippen LogP contribution >= 0.6 is 22.6 Å². The fraction of sp³-hybridized carbons (Fsp3) is 0.316. The number of benzene rings is 2. The SMILES string of the molecule is CN1CCC(Oc2cc(F)cc(Nc3ccc(I)cc3F)c2C(N)=O)CC1. The van der Waals surface area contributed by atoms with Crippen molar-refractivity contribution in [2.24, 2.45) is 5.73 Å². The Morgan fingerprint density at radius 1 is 1.22 bits per heavy atom. The van der Waals surface area contributed by atoms with Gasteiger partial charge in [-0.05, 0) is 66.7 Å². The molecule has 2 aromatic carbocycles. The Kier molecular flexibility index (Phi) is 6.15. The van der Waals surface area contributed by atoms with Crippen molar-refractivity contribution in [3.63, 3.8) is 0 Å². The van der Waals surface area contributed by atoms with Crippen LogP contribution in [0.3, 0.4) is 0 Å². The van der Waals surface area contributed by atoms with E-state index in [-0.39, 0.29) is 28.8 Å². The van der Waals surface area contributed by atoms with Crippen molar-refractivity contribution in [3.8, 4) is 5.75 Å². The van der Waals surface area contributed by atoms with Crippen LogP contribution in [0.5, 0.6) is 5.75 Å². The van der Waals surface area contributed by atoms with Crippen LogP contribution in [0.2, 0.25) is 0 Å². The number of hydrogen-bond acceptors (Lipinski definition) is 4. The zero-order chi connectivity index (χ0) is 19.6. The maximum atomic E-state index is 14.2. The van der Waals surface area contributed by atoms with Gasteiger partial charge in [-0.2, -0.15) is 0 Å². The molecule has 3 N–H and O–H groups in total. The first kappa shape index (κ1) is 19.8. The molecule has 0 aliphatic carbocycles. The smallest absolute Gasteiger partial charge is 0.254 e. The van der Waals surface area contributed by atoms with E-state index < -0.39 is 17.5 Å². The van der Waals surface area contributed by atoms with Crippen LogP contribution in [-0.2, 0) is 0 Å². The fourth-order valence-corrected chi connectivity index (χ4v) is 3.50. The molecule has 0 unspecified atom stereocenters. The molecule has 0 radical (unpaired) electrons. The lowest BCUT2D eigenvalue weighted by atomic mass is 10.1. The second-order valence-electron chi connectivity index (χ2n) is 6.56. The summed E-state index contributed by atoms with van der Waals surface area (Å²) in [4.78, 5) is 14.2. The second kappa shape index (κ2) is 8.39. The van der Waals surface area contributed by atoms with E-state index in [1.807, 2.05) is 29.6 Å². The summed E-state index contributed by atoms with van der Waals surface area (Å²) in [6, 6.07) is 6.81. The van der Waals surface area contributed by atoms with E-state index in [2.05, 4.69) is 10.2 Å². The summed E-state index contributed by atoms with van der Waals surface area (Å²) in [5.74, 6) is -1.81. The molecular weight excluding hydrogens is 467 g/mol. The largest absolute Gasteiger partial charge is 0.489 e. The molecular formula is C19H20F2IN3O2. The molecule has 3 rings (SSSR count). The average molecular weight is 487 g/mol. The van der Waals surface area contributed by atoms with Gasteiger partial charge in [-0.15, -0.1) is 0 Å². The molecule has 1 aliphatic heterocycles. The van der Waals surface area contributed by atoms with E-state index in [0.29, 0.717) is 0 Å². The number of amides is 1. The summed E-state index contributed by atoms with van der Waals surface area (Å²) >= 11 is 1.99. The number of ether oxygens (including phenoxy) is 1. The first-order valence-electron chi connectivity index (χ1n) is 8.54. The predicted molar refractivity (Wildman–Crippen MR) is 108 cm³/mol. The summed E-state index contributed by atoms with van der Waals surface area (Å²) in [5.41, 5.74) is 5.73. The van der Waals surface area contributed by atoms with Crippen LogP contribution in [-0.4, -0.2) is 37.0 Å². The van der Waals surface area contributed by atoms with Gasteiger partial charge in [0.2, 0.25) is 0 Å². The molecule has 8 heteroatoms. The van der Waals surface area contributed by atoms with E-state index in [1.54, 1.807) is 6.07 Å². The lowest BCUT2D eigenvalue weighted by molar-refractivity contribution is 0.0970. The van der Waals surface area contributed by atoms with E-state index in [9.17, 15) is 13.6 Å². The summed E-state index contributed by atoms with van der Waals surface area (Å²) in [6.45, 7) is 1.70. The monoisotopic (exact) mass is 487 g/mol. The number of nitrogens with two attached hydrogens (primary N) is 1. The highest BCUT2D eigenvalue weighted by atomic mass is 127. The Balaban J connectivity index is 1.93. The van der Waals surface area contributed by atoms with Gasteiger partial charge in [0.1, 0.15) is 29.1 Å². The lowest BCUT2D eigenvalue weighted by Gasteiger charge is -2.30. The van der Waals surface area contributed by atoms with Gasteiger partial charge in [0.25, 0.3) is 5.91 Å². The number of anilines is 2.